The predicted molar refractivity (Wildman–Crippen MR) is 159 cm³/mol. The van der Waals surface area contributed by atoms with Gasteiger partial charge >= 0.3 is 0 Å². The van der Waals surface area contributed by atoms with Crippen molar-refractivity contribution in [1.82, 2.24) is 0 Å². The van der Waals surface area contributed by atoms with E-state index < -0.39 is 0 Å². The summed E-state index contributed by atoms with van der Waals surface area (Å²) in [7, 11) is 1.68. The van der Waals surface area contributed by atoms with Crippen molar-refractivity contribution in [2.24, 2.45) is 0 Å². The summed E-state index contributed by atoms with van der Waals surface area (Å²) in [6.45, 7) is 19.3. The molecule has 0 amide bonds. The molecule has 0 saturated carbocycles. The minimum Gasteiger partial charge on any atom is -0.508 e. The summed E-state index contributed by atoms with van der Waals surface area (Å²) in [6.07, 6.45) is 7.25. The quantitative estimate of drug-likeness (QED) is 0.337. The van der Waals surface area contributed by atoms with Crippen LogP contribution in [-0.4, -0.2) is 30.5 Å². The van der Waals surface area contributed by atoms with Gasteiger partial charge in [0, 0.05) is 34.2 Å². The molecule has 0 spiro atoms. The highest BCUT2D eigenvalue weighted by Crippen LogP contribution is 2.46. The molecule has 1 heterocycles. The molecule has 0 fully saturated rings. The second-order valence-electron chi connectivity index (χ2n) is 9.69. The summed E-state index contributed by atoms with van der Waals surface area (Å²) < 4.78 is 18.0. The Morgan fingerprint density at radius 3 is 2.08 bits per heavy atom. The van der Waals surface area contributed by atoms with Gasteiger partial charge in [-0.3, -0.25) is 0 Å². The Kier molecular flexibility index (Phi) is 14.5. The Hall–Kier alpha value is -3.08. The third-order valence-electron chi connectivity index (χ3n) is 5.96. The van der Waals surface area contributed by atoms with Crippen molar-refractivity contribution in [3.8, 4) is 28.7 Å². The molecule has 1 atom stereocenters. The van der Waals surface area contributed by atoms with Crippen LogP contribution in [0.25, 0.3) is 0 Å². The van der Waals surface area contributed by atoms with Crippen LogP contribution in [0, 0.1) is 0 Å². The summed E-state index contributed by atoms with van der Waals surface area (Å²) in [6, 6.07) is 5.41. The van der Waals surface area contributed by atoms with Gasteiger partial charge in [0.25, 0.3) is 0 Å². The maximum atomic E-state index is 11.0. The van der Waals surface area contributed by atoms with Crippen molar-refractivity contribution in [2.75, 3.05) is 20.3 Å². The molecule has 212 valence electrons. The molecule has 38 heavy (non-hydrogen) atoms. The van der Waals surface area contributed by atoms with E-state index in [1.165, 1.54) is 12.0 Å². The SMILES string of the molecule is CC.CCC.CCOc1cc2c(c(OC)c1CC=C(C)C)CC(c1ccc(O)c(CC=C(C)C)c1O)CO2. The van der Waals surface area contributed by atoms with Gasteiger partial charge in [-0.25, -0.2) is 0 Å². The lowest BCUT2D eigenvalue weighted by molar-refractivity contribution is 0.250. The first kappa shape index (κ1) is 32.9. The van der Waals surface area contributed by atoms with Crippen LogP contribution in [-0.2, 0) is 19.3 Å². The number of hydrogen-bond acceptors (Lipinski definition) is 5. The number of phenols is 2. The highest BCUT2D eigenvalue weighted by Gasteiger charge is 2.30. The van der Waals surface area contributed by atoms with Gasteiger partial charge in [-0.15, -0.1) is 0 Å². The van der Waals surface area contributed by atoms with Crippen LogP contribution in [0.3, 0.4) is 0 Å². The van der Waals surface area contributed by atoms with Gasteiger partial charge in [0.2, 0.25) is 0 Å². The van der Waals surface area contributed by atoms with E-state index in [1.54, 1.807) is 19.2 Å². The van der Waals surface area contributed by atoms with Gasteiger partial charge in [-0.2, -0.15) is 0 Å². The molecule has 5 heteroatoms. The molecule has 1 aliphatic heterocycles. The molecule has 3 rings (SSSR count). The molecule has 5 nitrogen and oxygen atoms in total. The lowest BCUT2D eigenvalue weighted by atomic mass is 9.86. The van der Waals surface area contributed by atoms with Crippen molar-refractivity contribution in [2.45, 2.75) is 93.9 Å². The number of allylic oxidation sites excluding steroid dienone is 4. The van der Waals surface area contributed by atoms with Crippen molar-refractivity contribution < 1.29 is 24.4 Å². The lowest BCUT2D eigenvalue weighted by Crippen LogP contribution is -2.21. The summed E-state index contributed by atoms with van der Waals surface area (Å²) in [5, 5.41) is 21.3. The zero-order valence-corrected chi connectivity index (χ0v) is 25.3. The second-order valence-corrected chi connectivity index (χ2v) is 9.69. The molecule has 2 N–H and O–H groups in total. The zero-order chi connectivity index (χ0) is 28.8. The Bertz CT molecular complexity index is 1070. The normalized spacial score (nSPS) is 13.4. The van der Waals surface area contributed by atoms with Crippen LogP contribution in [0.1, 0.15) is 96.9 Å². The smallest absolute Gasteiger partial charge is 0.132 e. The number of rotatable bonds is 8. The molecule has 0 radical (unpaired) electrons. The van der Waals surface area contributed by atoms with Crippen LogP contribution in [0.15, 0.2) is 41.5 Å². The maximum Gasteiger partial charge on any atom is 0.132 e. The predicted octanol–water partition coefficient (Wildman–Crippen LogP) is 8.68. The third-order valence-corrected chi connectivity index (χ3v) is 5.96. The van der Waals surface area contributed by atoms with Crippen molar-refractivity contribution in [3.05, 3.63) is 63.8 Å². The van der Waals surface area contributed by atoms with Crippen LogP contribution in [0.4, 0.5) is 0 Å². The Morgan fingerprint density at radius 2 is 1.55 bits per heavy atom. The van der Waals surface area contributed by atoms with Crippen LogP contribution >= 0.6 is 0 Å². The number of ether oxygens (including phenoxy) is 3. The standard InChI is InChI=1S/C28H36O5.C3H8.C2H6/c1-7-32-25-15-26-23(28(31-6)22(25)11-9-18(4)5)14-19(16-33-26)20-12-13-24(29)21(27(20)30)10-8-17(2)3;1-3-2;1-2/h8-9,12-13,15,19,29-30H,7,10-11,14,16H2,1-6H3;3H2,1-2H3;1-2H3. The Labute approximate surface area is 231 Å². The number of benzene rings is 2. The average Bonchev–Trinajstić information content (AvgIpc) is 2.88. The van der Waals surface area contributed by atoms with E-state index in [9.17, 15) is 10.2 Å². The molecular weight excluding hydrogens is 476 g/mol. The van der Waals surface area contributed by atoms with E-state index in [0.717, 1.165) is 39.5 Å². The first-order valence-corrected chi connectivity index (χ1v) is 14.0. The Morgan fingerprint density at radius 1 is 0.974 bits per heavy atom. The molecule has 2 aromatic rings. The number of fused-ring (bicyclic) bond motifs is 1. The monoisotopic (exact) mass is 526 g/mol. The summed E-state index contributed by atoms with van der Waals surface area (Å²) in [5.41, 5.74) is 5.66. The molecule has 2 aromatic carbocycles. The summed E-state index contributed by atoms with van der Waals surface area (Å²) in [5.74, 6) is 2.50. The summed E-state index contributed by atoms with van der Waals surface area (Å²) >= 11 is 0. The van der Waals surface area contributed by atoms with Crippen molar-refractivity contribution >= 4 is 0 Å². The molecule has 1 unspecified atom stereocenters. The van der Waals surface area contributed by atoms with Crippen LogP contribution in [0.5, 0.6) is 28.7 Å². The van der Waals surface area contributed by atoms with Crippen molar-refractivity contribution in [3.63, 3.8) is 0 Å². The second kappa shape index (κ2) is 16.7. The van der Waals surface area contributed by atoms with Crippen LogP contribution in [0.2, 0.25) is 0 Å². The first-order valence-electron chi connectivity index (χ1n) is 14.0. The number of aromatic hydroxyl groups is 2. The molecule has 1 aliphatic rings. The molecule has 0 aromatic heterocycles. The van der Waals surface area contributed by atoms with Gasteiger partial charge in [0.1, 0.15) is 28.7 Å². The topological polar surface area (TPSA) is 68.2 Å². The van der Waals surface area contributed by atoms with Gasteiger partial charge in [-0.05, 0) is 59.9 Å². The molecule has 0 saturated heterocycles. The van der Waals surface area contributed by atoms with E-state index in [4.69, 9.17) is 14.2 Å². The van der Waals surface area contributed by atoms with Gasteiger partial charge in [0.15, 0.2) is 0 Å². The molecule has 0 aliphatic carbocycles. The van der Waals surface area contributed by atoms with Crippen LogP contribution < -0.4 is 14.2 Å². The lowest BCUT2D eigenvalue weighted by Gasteiger charge is -2.30. The largest absolute Gasteiger partial charge is 0.508 e. The molecular formula is C33H50O5. The number of methoxy groups -OCH3 is 1. The highest BCUT2D eigenvalue weighted by molar-refractivity contribution is 5.60. The fourth-order valence-corrected chi connectivity index (χ4v) is 4.23. The van der Waals surface area contributed by atoms with E-state index in [1.807, 2.05) is 46.8 Å². The summed E-state index contributed by atoms with van der Waals surface area (Å²) in [4.78, 5) is 0. The minimum atomic E-state index is -0.0632. The third kappa shape index (κ3) is 8.75. The zero-order valence-electron chi connectivity index (χ0n) is 25.3. The van der Waals surface area contributed by atoms with E-state index >= 15 is 0 Å². The Balaban J connectivity index is 0.00000135. The first-order chi connectivity index (χ1) is 18.2. The van der Waals surface area contributed by atoms with E-state index in [2.05, 4.69) is 33.8 Å². The van der Waals surface area contributed by atoms with E-state index in [-0.39, 0.29) is 17.4 Å². The van der Waals surface area contributed by atoms with Crippen molar-refractivity contribution in [1.29, 1.82) is 0 Å². The van der Waals surface area contributed by atoms with Gasteiger partial charge in [0.05, 0.1) is 20.3 Å². The number of phenolic OH excluding ortho intramolecular Hbond substituents is 2. The number of hydrogen-bond donors (Lipinski definition) is 2. The van der Waals surface area contributed by atoms with Gasteiger partial charge in [-0.1, -0.05) is 63.5 Å². The minimum absolute atomic E-state index is 0.0632. The molecule has 0 bridgehead atoms. The van der Waals surface area contributed by atoms with E-state index in [0.29, 0.717) is 38.0 Å². The fourth-order valence-electron chi connectivity index (χ4n) is 4.23. The fraction of sp³-hybridized carbons (Fsp3) is 0.515. The van der Waals surface area contributed by atoms with Gasteiger partial charge < -0.3 is 24.4 Å². The maximum absolute atomic E-state index is 11.0. The highest BCUT2D eigenvalue weighted by atomic mass is 16.5. The average molecular weight is 527 g/mol.